The van der Waals surface area contributed by atoms with Gasteiger partial charge in [0, 0.05) is 19.1 Å². The van der Waals surface area contributed by atoms with Crippen LogP contribution in [0.5, 0.6) is 0 Å². The van der Waals surface area contributed by atoms with Crippen molar-refractivity contribution in [3.05, 3.63) is 0 Å². The first-order chi connectivity index (χ1) is 6.18. The molecule has 0 radical (unpaired) electrons. The van der Waals surface area contributed by atoms with Crippen LogP contribution in [-0.4, -0.2) is 42.5 Å². The van der Waals surface area contributed by atoms with E-state index in [0.717, 1.165) is 25.6 Å². The average Bonchev–Trinajstić information content (AvgIpc) is 2.85. The number of carbonyl (C=O) groups is 1. The Labute approximate surface area is 78.5 Å². The standard InChI is InChI=1S/C9H17N3O/c1-11-9(8(10)13)4-5-12(6-9)7-2-3-7/h7,11H,2-6H2,1H3,(H2,10,13). The van der Waals surface area contributed by atoms with Crippen molar-refractivity contribution in [1.29, 1.82) is 0 Å². The molecule has 0 aromatic heterocycles. The molecule has 1 aliphatic carbocycles. The molecule has 0 aromatic carbocycles. The van der Waals surface area contributed by atoms with Crippen molar-refractivity contribution in [3.8, 4) is 0 Å². The fraction of sp³-hybridized carbons (Fsp3) is 0.889. The molecule has 0 spiro atoms. The van der Waals surface area contributed by atoms with Gasteiger partial charge in [0.1, 0.15) is 5.54 Å². The lowest BCUT2D eigenvalue weighted by atomic mass is 9.98. The Morgan fingerprint density at radius 3 is 2.69 bits per heavy atom. The summed E-state index contributed by atoms with van der Waals surface area (Å²) in [7, 11) is 1.82. The summed E-state index contributed by atoms with van der Waals surface area (Å²) in [6.45, 7) is 1.80. The molecule has 0 aromatic rings. The quantitative estimate of drug-likeness (QED) is 0.608. The van der Waals surface area contributed by atoms with Gasteiger partial charge in [0.15, 0.2) is 0 Å². The number of hydrogen-bond donors (Lipinski definition) is 2. The highest BCUT2D eigenvalue weighted by Crippen LogP contribution is 2.33. The molecular formula is C9H17N3O. The molecule has 1 atom stereocenters. The molecule has 1 amide bonds. The van der Waals surface area contributed by atoms with E-state index in [4.69, 9.17) is 5.73 Å². The minimum Gasteiger partial charge on any atom is -0.368 e. The summed E-state index contributed by atoms with van der Waals surface area (Å²) in [5.41, 5.74) is 4.94. The second-order valence-electron chi connectivity index (χ2n) is 4.15. The normalized spacial score (nSPS) is 35.2. The molecule has 2 rings (SSSR count). The van der Waals surface area contributed by atoms with Gasteiger partial charge in [0.05, 0.1) is 0 Å². The van der Waals surface area contributed by atoms with Crippen molar-refractivity contribution in [2.24, 2.45) is 5.73 Å². The molecule has 1 saturated carbocycles. The van der Waals surface area contributed by atoms with Crippen LogP contribution in [0, 0.1) is 0 Å². The smallest absolute Gasteiger partial charge is 0.239 e. The molecule has 1 saturated heterocycles. The Morgan fingerprint density at radius 1 is 1.62 bits per heavy atom. The van der Waals surface area contributed by atoms with Gasteiger partial charge in [-0.25, -0.2) is 0 Å². The number of carbonyl (C=O) groups excluding carboxylic acids is 1. The van der Waals surface area contributed by atoms with E-state index >= 15 is 0 Å². The van der Waals surface area contributed by atoms with Gasteiger partial charge in [-0.05, 0) is 26.3 Å². The Morgan fingerprint density at radius 2 is 2.31 bits per heavy atom. The lowest BCUT2D eigenvalue weighted by molar-refractivity contribution is -0.123. The van der Waals surface area contributed by atoms with Gasteiger partial charge >= 0.3 is 0 Å². The van der Waals surface area contributed by atoms with E-state index in [1.54, 1.807) is 0 Å². The van der Waals surface area contributed by atoms with Gasteiger partial charge in [-0.1, -0.05) is 0 Å². The van der Waals surface area contributed by atoms with Crippen molar-refractivity contribution in [2.45, 2.75) is 30.8 Å². The Kier molecular flexibility index (Phi) is 2.04. The largest absolute Gasteiger partial charge is 0.368 e. The van der Waals surface area contributed by atoms with Crippen molar-refractivity contribution in [2.75, 3.05) is 20.1 Å². The Hall–Kier alpha value is -0.610. The molecule has 1 unspecified atom stereocenters. The van der Waals surface area contributed by atoms with Crippen LogP contribution in [0.15, 0.2) is 0 Å². The Balaban J connectivity index is 2.03. The summed E-state index contributed by atoms with van der Waals surface area (Å²) in [6.07, 6.45) is 3.44. The van der Waals surface area contributed by atoms with Crippen LogP contribution >= 0.6 is 0 Å². The van der Waals surface area contributed by atoms with E-state index < -0.39 is 5.54 Å². The molecule has 2 aliphatic rings. The SMILES string of the molecule is CNC1(C(N)=O)CCN(C2CC2)C1. The van der Waals surface area contributed by atoms with Gasteiger partial charge in [0.25, 0.3) is 0 Å². The van der Waals surface area contributed by atoms with E-state index in [-0.39, 0.29) is 5.91 Å². The van der Waals surface area contributed by atoms with Crippen molar-refractivity contribution >= 4 is 5.91 Å². The van der Waals surface area contributed by atoms with Gasteiger partial charge < -0.3 is 11.1 Å². The summed E-state index contributed by atoms with van der Waals surface area (Å²) < 4.78 is 0. The molecule has 74 valence electrons. The predicted molar refractivity (Wildman–Crippen MR) is 50.2 cm³/mol. The van der Waals surface area contributed by atoms with Gasteiger partial charge in [-0.2, -0.15) is 0 Å². The first kappa shape index (κ1) is 8.97. The highest BCUT2D eigenvalue weighted by atomic mass is 16.1. The number of amides is 1. The zero-order valence-electron chi connectivity index (χ0n) is 8.05. The molecule has 13 heavy (non-hydrogen) atoms. The maximum absolute atomic E-state index is 11.3. The third kappa shape index (κ3) is 1.44. The molecular weight excluding hydrogens is 166 g/mol. The van der Waals surface area contributed by atoms with E-state index in [1.807, 2.05) is 7.05 Å². The van der Waals surface area contributed by atoms with Crippen LogP contribution in [0.1, 0.15) is 19.3 Å². The van der Waals surface area contributed by atoms with Crippen LogP contribution < -0.4 is 11.1 Å². The molecule has 3 N–H and O–H groups in total. The van der Waals surface area contributed by atoms with Crippen molar-refractivity contribution in [3.63, 3.8) is 0 Å². The maximum Gasteiger partial charge on any atom is 0.239 e. The van der Waals surface area contributed by atoms with E-state index in [9.17, 15) is 4.79 Å². The Bertz CT molecular complexity index is 227. The van der Waals surface area contributed by atoms with E-state index in [0.29, 0.717) is 0 Å². The van der Waals surface area contributed by atoms with E-state index in [1.165, 1.54) is 12.8 Å². The van der Waals surface area contributed by atoms with Crippen LogP contribution in [0.25, 0.3) is 0 Å². The number of likely N-dealkylation sites (N-methyl/N-ethyl adjacent to an activating group) is 1. The lowest BCUT2D eigenvalue weighted by Gasteiger charge is -2.25. The zero-order valence-corrected chi connectivity index (χ0v) is 8.05. The second-order valence-corrected chi connectivity index (χ2v) is 4.15. The van der Waals surface area contributed by atoms with Crippen LogP contribution in [-0.2, 0) is 4.79 Å². The fourth-order valence-electron chi connectivity index (χ4n) is 2.12. The predicted octanol–water partition coefficient (Wildman–Crippen LogP) is -0.702. The average molecular weight is 183 g/mol. The zero-order chi connectivity index (χ0) is 9.47. The van der Waals surface area contributed by atoms with Crippen LogP contribution in [0.2, 0.25) is 0 Å². The highest BCUT2D eigenvalue weighted by molar-refractivity contribution is 5.85. The number of rotatable bonds is 3. The summed E-state index contributed by atoms with van der Waals surface area (Å²) >= 11 is 0. The third-order valence-corrected chi connectivity index (χ3v) is 3.31. The molecule has 4 nitrogen and oxygen atoms in total. The minimum absolute atomic E-state index is 0.210. The lowest BCUT2D eigenvalue weighted by Crippen LogP contribution is -2.55. The summed E-state index contributed by atoms with van der Waals surface area (Å²) in [5.74, 6) is -0.210. The summed E-state index contributed by atoms with van der Waals surface area (Å²) in [6, 6.07) is 0.731. The number of likely N-dealkylation sites (tertiary alicyclic amines) is 1. The van der Waals surface area contributed by atoms with Gasteiger partial charge in [-0.3, -0.25) is 9.69 Å². The number of nitrogens with two attached hydrogens (primary N) is 1. The minimum atomic E-state index is -0.456. The first-order valence-corrected chi connectivity index (χ1v) is 4.91. The second kappa shape index (κ2) is 2.96. The number of hydrogen-bond acceptors (Lipinski definition) is 3. The number of primary amides is 1. The monoisotopic (exact) mass is 183 g/mol. The van der Waals surface area contributed by atoms with Gasteiger partial charge in [0.2, 0.25) is 5.91 Å². The molecule has 2 fully saturated rings. The van der Waals surface area contributed by atoms with Crippen LogP contribution in [0.3, 0.4) is 0 Å². The molecule has 1 heterocycles. The maximum atomic E-state index is 11.3. The van der Waals surface area contributed by atoms with Gasteiger partial charge in [-0.15, -0.1) is 0 Å². The van der Waals surface area contributed by atoms with Crippen molar-refractivity contribution in [1.82, 2.24) is 10.2 Å². The highest BCUT2D eigenvalue weighted by Gasteiger charge is 2.45. The number of nitrogens with one attached hydrogen (secondary N) is 1. The number of nitrogens with zero attached hydrogens (tertiary/aromatic N) is 1. The summed E-state index contributed by atoms with van der Waals surface area (Å²) in [5, 5.41) is 3.07. The fourth-order valence-corrected chi connectivity index (χ4v) is 2.12. The molecule has 1 aliphatic heterocycles. The summed E-state index contributed by atoms with van der Waals surface area (Å²) in [4.78, 5) is 13.7. The topological polar surface area (TPSA) is 58.4 Å². The first-order valence-electron chi connectivity index (χ1n) is 4.91. The van der Waals surface area contributed by atoms with Crippen LogP contribution in [0.4, 0.5) is 0 Å². The molecule has 4 heteroatoms. The van der Waals surface area contributed by atoms with E-state index in [2.05, 4.69) is 10.2 Å². The molecule has 0 bridgehead atoms. The van der Waals surface area contributed by atoms with Crippen molar-refractivity contribution < 1.29 is 4.79 Å². The third-order valence-electron chi connectivity index (χ3n) is 3.31.